The number of rotatable bonds is 3. The van der Waals surface area contributed by atoms with E-state index in [1.165, 1.54) is 0 Å². The van der Waals surface area contributed by atoms with Crippen molar-refractivity contribution in [2.45, 2.75) is 6.42 Å². The molecule has 2 N–H and O–H groups in total. The molecule has 1 aromatic carbocycles. The zero-order chi connectivity index (χ0) is 16.2. The number of pyridine rings is 1. The van der Waals surface area contributed by atoms with E-state index < -0.39 is 0 Å². The SMILES string of the molecule is Cl.Cl.Nc1ccc(CC(=O)N2CCN(c3ccc(Cl)cc3)CC2)nc1. The summed E-state index contributed by atoms with van der Waals surface area (Å²) >= 11 is 5.92. The minimum atomic E-state index is 0. The van der Waals surface area contributed by atoms with Crippen molar-refractivity contribution >= 4 is 53.7 Å². The molecule has 3 rings (SSSR count). The fourth-order valence-corrected chi connectivity index (χ4v) is 2.80. The Kier molecular flexibility index (Phi) is 8.29. The van der Waals surface area contributed by atoms with E-state index in [4.69, 9.17) is 17.3 Å². The molecule has 1 amide bonds. The lowest BCUT2D eigenvalue weighted by Gasteiger charge is -2.36. The van der Waals surface area contributed by atoms with Crippen LogP contribution in [0.15, 0.2) is 42.6 Å². The monoisotopic (exact) mass is 402 g/mol. The number of halogens is 3. The average Bonchev–Trinajstić information content (AvgIpc) is 2.58. The normalized spacial score (nSPS) is 13.6. The number of nitrogen functional groups attached to an aromatic ring is 1. The highest BCUT2D eigenvalue weighted by Crippen LogP contribution is 2.19. The van der Waals surface area contributed by atoms with Gasteiger partial charge in [0.2, 0.25) is 5.91 Å². The Morgan fingerprint density at radius 2 is 1.68 bits per heavy atom. The van der Waals surface area contributed by atoms with Crippen molar-refractivity contribution in [1.29, 1.82) is 0 Å². The van der Waals surface area contributed by atoms with Crippen LogP contribution >= 0.6 is 36.4 Å². The number of hydrogen-bond acceptors (Lipinski definition) is 4. The maximum absolute atomic E-state index is 12.4. The highest BCUT2D eigenvalue weighted by molar-refractivity contribution is 6.30. The zero-order valence-electron chi connectivity index (χ0n) is 13.6. The molecule has 0 aliphatic carbocycles. The molecule has 1 saturated heterocycles. The van der Waals surface area contributed by atoms with Gasteiger partial charge in [-0.15, -0.1) is 24.8 Å². The number of nitrogens with two attached hydrogens (primary N) is 1. The fourth-order valence-electron chi connectivity index (χ4n) is 2.67. The van der Waals surface area contributed by atoms with Crippen LogP contribution in [-0.2, 0) is 11.2 Å². The van der Waals surface area contributed by atoms with Crippen molar-refractivity contribution in [3.63, 3.8) is 0 Å². The molecule has 1 fully saturated rings. The van der Waals surface area contributed by atoms with Gasteiger partial charge in [-0.25, -0.2) is 0 Å². The molecular formula is C17H21Cl3N4O. The van der Waals surface area contributed by atoms with Gasteiger partial charge in [0.05, 0.1) is 18.3 Å². The number of hydrogen-bond donors (Lipinski definition) is 1. The van der Waals surface area contributed by atoms with Crippen LogP contribution in [0.1, 0.15) is 5.69 Å². The number of carbonyl (C=O) groups is 1. The van der Waals surface area contributed by atoms with Crippen LogP contribution in [-0.4, -0.2) is 42.0 Å². The van der Waals surface area contributed by atoms with Gasteiger partial charge in [-0.2, -0.15) is 0 Å². The molecule has 25 heavy (non-hydrogen) atoms. The van der Waals surface area contributed by atoms with Gasteiger partial charge >= 0.3 is 0 Å². The van der Waals surface area contributed by atoms with E-state index in [1.54, 1.807) is 18.3 Å². The van der Waals surface area contributed by atoms with Gasteiger partial charge in [-0.05, 0) is 36.4 Å². The molecule has 5 nitrogen and oxygen atoms in total. The predicted octanol–water partition coefficient (Wildman–Crippen LogP) is 3.05. The molecule has 1 aliphatic heterocycles. The van der Waals surface area contributed by atoms with Crippen LogP contribution in [0.5, 0.6) is 0 Å². The maximum atomic E-state index is 12.4. The van der Waals surface area contributed by atoms with Crippen molar-refractivity contribution in [2.24, 2.45) is 0 Å². The Labute approximate surface area is 165 Å². The minimum Gasteiger partial charge on any atom is -0.397 e. The Morgan fingerprint density at radius 1 is 1.04 bits per heavy atom. The average molecular weight is 404 g/mol. The third-order valence-electron chi connectivity index (χ3n) is 4.00. The van der Waals surface area contributed by atoms with Crippen molar-refractivity contribution in [1.82, 2.24) is 9.88 Å². The smallest absolute Gasteiger partial charge is 0.228 e. The van der Waals surface area contributed by atoms with E-state index in [2.05, 4.69) is 9.88 Å². The van der Waals surface area contributed by atoms with Crippen LogP contribution in [0, 0.1) is 0 Å². The first-order valence-electron chi connectivity index (χ1n) is 7.60. The highest BCUT2D eigenvalue weighted by atomic mass is 35.5. The zero-order valence-corrected chi connectivity index (χ0v) is 16.0. The van der Waals surface area contributed by atoms with Gasteiger partial charge in [0.1, 0.15) is 0 Å². The summed E-state index contributed by atoms with van der Waals surface area (Å²) in [5, 5.41) is 0.735. The summed E-state index contributed by atoms with van der Waals surface area (Å²) < 4.78 is 0. The van der Waals surface area contributed by atoms with Gasteiger partial charge in [0, 0.05) is 42.6 Å². The van der Waals surface area contributed by atoms with Gasteiger partial charge in [0.15, 0.2) is 0 Å². The number of benzene rings is 1. The lowest BCUT2D eigenvalue weighted by atomic mass is 10.2. The minimum absolute atomic E-state index is 0. The second-order valence-electron chi connectivity index (χ2n) is 5.60. The van der Waals surface area contributed by atoms with Crippen molar-refractivity contribution in [2.75, 3.05) is 36.8 Å². The van der Waals surface area contributed by atoms with Crippen molar-refractivity contribution < 1.29 is 4.79 Å². The number of anilines is 2. The van der Waals surface area contributed by atoms with Crippen molar-refractivity contribution in [3.05, 3.63) is 53.3 Å². The first-order chi connectivity index (χ1) is 11.1. The first kappa shape index (κ1) is 21.4. The number of nitrogens with zero attached hydrogens (tertiary/aromatic N) is 3. The molecular weight excluding hydrogens is 383 g/mol. The molecule has 1 aliphatic rings. The summed E-state index contributed by atoms with van der Waals surface area (Å²) in [5.74, 6) is 0.109. The van der Waals surface area contributed by atoms with Gasteiger partial charge in [-0.1, -0.05) is 11.6 Å². The lowest BCUT2D eigenvalue weighted by molar-refractivity contribution is -0.130. The molecule has 0 radical (unpaired) electrons. The molecule has 0 bridgehead atoms. The second-order valence-corrected chi connectivity index (χ2v) is 6.04. The van der Waals surface area contributed by atoms with Crippen LogP contribution in [0.25, 0.3) is 0 Å². The molecule has 2 heterocycles. The van der Waals surface area contributed by atoms with Crippen LogP contribution in [0.2, 0.25) is 5.02 Å². The second kappa shape index (κ2) is 9.70. The largest absolute Gasteiger partial charge is 0.397 e. The Hall–Kier alpha value is -1.69. The van der Waals surface area contributed by atoms with Gasteiger partial charge in [0.25, 0.3) is 0 Å². The summed E-state index contributed by atoms with van der Waals surface area (Å²) in [6.45, 7) is 3.08. The molecule has 0 unspecified atom stereocenters. The van der Waals surface area contributed by atoms with Crippen LogP contribution < -0.4 is 10.6 Å². The maximum Gasteiger partial charge on any atom is 0.228 e. The quantitative estimate of drug-likeness (QED) is 0.855. The molecule has 0 saturated carbocycles. The summed E-state index contributed by atoms with van der Waals surface area (Å²) in [5.41, 5.74) is 8.11. The van der Waals surface area contributed by atoms with E-state index in [1.807, 2.05) is 29.2 Å². The summed E-state index contributed by atoms with van der Waals surface area (Å²) in [7, 11) is 0. The lowest BCUT2D eigenvalue weighted by Crippen LogP contribution is -2.49. The Morgan fingerprint density at radius 3 is 2.24 bits per heavy atom. The molecule has 2 aromatic rings. The van der Waals surface area contributed by atoms with Crippen molar-refractivity contribution in [3.8, 4) is 0 Å². The molecule has 0 atom stereocenters. The van der Waals surface area contributed by atoms with Crippen LogP contribution in [0.3, 0.4) is 0 Å². The summed E-state index contributed by atoms with van der Waals surface area (Å²) in [4.78, 5) is 20.7. The Balaban J connectivity index is 0.00000156. The molecule has 8 heteroatoms. The Bertz CT molecular complexity index is 671. The first-order valence-corrected chi connectivity index (χ1v) is 7.98. The number of amides is 1. The topological polar surface area (TPSA) is 62.5 Å². The fraction of sp³-hybridized carbons (Fsp3) is 0.294. The number of aromatic nitrogens is 1. The number of carbonyl (C=O) groups excluding carboxylic acids is 1. The molecule has 0 spiro atoms. The highest BCUT2D eigenvalue weighted by Gasteiger charge is 2.21. The van der Waals surface area contributed by atoms with Gasteiger partial charge in [-0.3, -0.25) is 9.78 Å². The molecule has 1 aromatic heterocycles. The third kappa shape index (κ3) is 5.66. The third-order valence-corrected chi connectivity index (χ3v) is 4.26. The summed E-state index contributed by atoms with van der Waals surface area (Å²) in [6.07, 6.45) is 1.91. The standard InChI is InChI=1S/C17H19ClN4O.2ClH/c18-13-1-5-16(6-2-13)21-7-9-22(10-8-21)17(23)11-15-4-3-14(19)12-20-15;;/h1-6,12H,7-11,19H2;2*1H. The van der Waals surface area contributed by atoms with Crippen LogP contribution in [0.4, 0.5) is 11.4 Å². The van der Waals surface area contributed by atoms with E-state index in [0.717, 1.165) is 42.6 Å². The van der Waals surface area contributed by atoms with Gasteiger partial charge < -0.3 is 15.5 Å². The molecule has 136 valence electrons. The van der Waals surface area contributed by atoms with E-state index in [0.29, 0.717) is 12.1 Å². The van der Waals surface area contributed by atoms with E-state index in [-0.39, 0.29) is 30.7 Å². The predicted molar refractivity (Wildman–Crippen MR) is 107 cm³/mol. The summed E-state index contributed by atoms with van der Waals surface area (Å²) in [6, 6.07) is 11.4. The van der Waals surface area contributed by atoms with E-state index in [9.17, 15) is 4.79 Å². The van der Waals surface area contributed by atoms with E-state index >= 15 is 0 Å². The number of piperazine rings is 1.